The van der Waals surface area contributed by atoms with Crippen LogP contribution in [0, 0.1) is 12.7 Å². The molecule has 2 aromatic rings. The van der Waals surface area contributed by atoms with Crippen LogP contribution in [0.5, 0.6) is 5.75 Å². The summed E-state index contributed by atoms with van der Waals surface area (Å²) in [6.07, 6.45) is 1.85. The van der Waals surface area contributed by atoms with Gasteiger partial charge in [0.25, 0.3) is 0 Å². The Kier molecular flexibility index (Phi) is 5.40. The van der Waals surface area contributed by atoms with Crippen molar-refractivity contribution in [1.29, 1.82) is 0 Å². The van der Waals surface area contributed by atoms with E-state index in [2.05, 4.69) is 10.2 Å². The van der Waals surface area contributed by atoms with Crippen LogP contribution in [0.25, 0.3) is 0 Å². The number of aryl methyl sites for hydroxylation is 1. The van der Waals surface area contributed by atoms with Crippen molar-refractivity contribution in [1.82, 2.24) is 0 Å². The molecule has 2 aliphatic rings. The van der Waals surface area contributed by atoms with Gasteiger partial charge in [-0.2, -0.15) is 0 Å². The van der Waals surface area contributed by atoms with E-state index >= 15 is 0 Å². The van der Waals surface area contributed by atoms with E-state index in [4.69, 9.17) is 16.3 Å². The average molecular weight is 419 g/mol. The Morgan fingerprint density at radius 1 is 1.24 bits per heavy atom. The molecule has 29 heavy (non-hydrogen) atoms. The van der Waals surface area contributed by atoms with Gasteiger partial charge >= 0.3 is 0 Å². The monoisotopic (exact) mass is 418 g/mol. The van der Waals surface area contributed by atoms with Crippen LogP contribution in [0.15, 0.2) is 30.3 Å². The Hall–Kier alpha value is -2.31. The molecule has 0 spiro atoms. The van der Waals surface area contributed by atoms with Gasteiger partial charge in [-0.1, -0.05) is 11.6 Å². The van der Waals surface area contributed by atoms with Gasteiger partial charge in [0.05, 0.1) is 5.69 Å². The number of benzene rings is 2. The number of anilines is 2. The number of nitrogens with zero attached hydrogens (tertiary/aromatic N) is 1. The largest absolute Gasteiger partial charge is 0.490 e. The number of ether oxygens (including phenoxy) is 1. The van der Waals surface area contributed by atoms with Crippen molar-refractivity contribution in [3.05, 3.63) is 52.3 Å². The first-order valence-electron chi connectivity index (χ1n) is 9.82. The topological polar surface area (TPSA) is 61.8 Å². The predicted molar refractivity (Wildman–Crippen MR) is 111 cm³/mol. The van der Waals surface area contributed by atoms with E-state index in [1.807, 2.05) is 25.1 Å². The van der Waals surface area contributed by atoms with Gasteiger partial charge in [0.15, 0.2) is 0 Å². The summed E-state index contributed by atoms with van der Waals surface area (Å²) in [5.41, 5.74) is 2.14. The fourth-order valence-electron chi connectivity index (χ4n) is 4.05. The first kappa shape index (κ1) is 20.0. The first-order valence-corrected chi connectivity index (χ1v) is 10.2. The van der Waals surface area contributed by atoms with E-state index < -0.39 is 11.4 Å². The number of carbonyl (C=O) groups excluding carboxylic acids is 1. The minimum Gasteiger partial charge on any atom is -0.490 e. The van der Waals surface area contributed by atoms with Crippen molar-refractivity contribution < 1.29 is 19.0 Å². The highest BCUT2D eigenvalue weighted by atomic mass is 35.5. The van der Waals surface area contributed by atoms with Crippen molar-refractivity contribution in [3.8, 4) is 5.75 Å². The lowest BCUT2D eigenvalue weighted by molar-refractivity contribution is -0.116. The van der Waals surface area contributed by atoms with Crippen LogP contribution in [0.1, 0.15) is 30.4 Å². The minimum atomic E-state index is -0.948. The number of aliphatic hydroxyl groups is 1. The molecule has 0 radical (unpaired) electrons. The van der Waals surface area contributed by atoms with Crippen molar-refractivity contribution >= 4 is 28.9 Å². The van der Waals surface area contributed by atoms with Gasteiger partial charge in [-0.3, -0.25) is 4.79 Å². The molecule has 0 saturated carbocycles. The molecule has 0 atom stereocenters. The maximum atomic E-state index is 14.0. The molecule has 1 amide bonds. The summed E-state index contributed by atoms with van der Waals surface area (Å²) in [5, 5.41) is 14.3. The number of halogens is 2. The summed E-state index contributed by atoms with van der Waals surface area (Å²) in [4.78, 5) is 13.8. The lowest BCUT2D eigenvalue weighted by Crippen LogP contribution is -2.48. The lowest BCUT2D eigenvalue weighted by Gasteiger charge is -2.39. The average Bonchev–Trinajstić information content (AvgIpc) is 2.69. The molecule has 4 rings (SSSR count). The Bertz CT molecular complexity index is 942. The molecule has 7 heteroatoms. The second-order valence-electron chi connectivity index (χ2n) is 7.88. The Morgan fingerprint density at radius 2 is 2.00 bits per heavy atom. The van der Waals surface area contributed by atoms with E-state index in [1.54, 1.807) is 6.07 Å². The molecular formula is C22H24ClFN2O3. The second-order valence-corrected chi connectivity index (χ2v) is 8.31. The summed E-state index contributed by atoms with van der Waals surface area (Å²) >= 11 is 6.05. The Labute approximate surface area is 174 Å². The SMILES string of the molecule is Cc1cc(Cl)ccc1N1CCC(O)(COc2ccc(F)c3c2CCC(=O)N3)CC1. The molecule has 2 heterocycles. The van der Waals surface area contributed by atoms with Crippen LogP contribution < -0.4 is 15.0 Å². The van der Waals surface area contributed by atoms with E-state index in [0.29, 0.717) is 55.1 Å². The third kappa shape index (κ3) is 4.19. The molecule has 0 bridgehead atoms. The summed E-state index contributed by atoms with van der Waals surface area (Å²) < 4.78 is 19.9. The first-order chi connectivity index (χ1) is 13.8. The number of amides is 1. The van der Waals surface area contributed by atoms with Crippen molar-refractivity contribution in [2.75, 3.05) is 29.9 Å². The predicted octanol–water partition coefficient (Wildman–Crippen LogP) is 4.08. The Balaban J connectivity index is 1.41. The maximum absolute atomic E-state index is 14.0. The van der Waals surface area contributed by atoms with Gasteiger partial charge in [0, 0.05) is 35.8 Å². The van der Waals surface area contributed by atoms with Crippen LogP contribution in [0.4, 0.5) is 15.8 Å². The fraction of sp³-hybridized carbons (Fsp3) is 0.409. The quantitative estimate of drug-likeness (QED) is 0.785. The molecule has 5 nitrogen and oxygen atoms in total. The highest BCUT2D eigenvalue weighted by Crippen LogP contribution is 2.35. The zero-order chi connectivity index (χ0) is 20.6. The van der Waals surface area contributed by atoms with Crippen LogP contribution in [0.2, 0.25) is 5.02 Å². The normalized spacial score (nSPS) is 18.2. The van der Waals surface area contributed by atoms with Gasteiger partial charge in [-0.25, -0.2) is 4.39 Å². The zero-order valence-electron chi connectivity index (χ0n) is 16.3. The van der Waals surface area contributed by atoms with E-state index in [1.165, 1.54) is 6.07 Å². The van der Waals surface area contributed by atoms with Crippen molar-refractivity contribution in [2.24, 2.45) is 0 Å². The highest BCUT2D eigenvalue weighted by molar-refractivity contribution is 6.30. The minimum absolute atomic E-state index is 0.131. The molecule has 1 fully saturated rings. The molecule has 1 saturated heterocycles. The van der Waals surface area contributed by atoms with Gasteiger partial charge in [0.2, 0.25) is 5.91 Å². The van der Waals surface area contributed by atoms with Crippen molar-refractivity contribution in [3.63, 3.8) is 0 Å². The second kappa shape index (κ2) is 7.84. The number of carbonyl (C=O) groups is 1. The number of piperidine rings is 1. The smallest absolute Gasteiger partial charge is 0.224 e. The summed E-state index contributed by atoms with van der Waals surface area (Å²) in [6, 6.07) is 8.69. The van der Waals surface area contributed by atoms with Crippen LogP contribution in [0.3, 0.4) is 0 Å². The molecule has 2 N–H and O–H groups in total. The zero-order valence-corrected chi connectivity index (χ0v) is 17.1. The highest BCUT2D eigenvalue weighted by Gasteiger charge is 2.34. The summed E-state index contributed by atoms with van der Waals surface area (Å²) in [7, 11) is 0. The molecule has 154 valence electrons. The van der Waals surface area contributed by atoms with Crippen molar-refractivity contribution in [2.45, 2.75) is 38.2 Å². The lowest BCUT2D eigenvalue weighted by atomic mass is 9.91. The van der Waals surface area contributed by atoms with E-state index in [-0.39, 0.29) is 18.2 Å². The summed E-state index contributed by atoms with van der Waals surface area (Å²) in [6.45, 7) is 3.58. The Morgan fingerprint density at radius 3 is 2.72 bits per heavy atom. The number of hydrogen-bond acceptors (Lipinski definition) is 4. The van der Waals surface area contributed by atoms with Crippen LogP contribution in [-0.2, 0) is 11.2 Å². The molecular weight excluding hydrogens is 395 g/mol. The molecule has 2 aliphatic heterocycles. The molecule has 0 aliphatic carbocycles. The molecule has 0 unspecified atom stereocenters. The van der Waals surface area contributed by atoms with Crippen LogP contribution >= 0.6 is 11.6 Å². The number of fused-ring (bicyclic) bond motifs is 1. The number of hydrogen-bond donors (Lipinski definition) is 2. The third-order valence-electron chi connectivity index (χ3n) is 5.78. The number of nitrogens with one attached hydrogen (secondary N) is 1. The van der Waals surface area contributed by atoms with E-state index in [0.717, 1.165) is 11.3 Å². The van der Waals surface area contributed by atoms with Gasteiger partial charge < -0.3 is 20.1 Å². The van der Waals surface area contributed by atoms with Gasteiger partial charge in [0.1, 0.15) is 23.8 Å². The standard InChI is InChI=1S/C22H24ClFN2O3/c1-14-12-15(23)2-5-18(14)26-10-8-22(28,9-11-26)13-29-19-6-4-17(24)21-16(19)3-7-20(27)25-21/h2,4-6,12,28H,3,7-11,13H2,1H3,(H,25,27). The van der Waals surface area contributed by atoms with E-state index in [9.17, 15) is 14.3 Å². The third-order valence-corrected chi connectivity index (χ3v) is 6.01. The van der Waals surface area contributed by atoms with Gasteiger partial charge in [-0.15, -0.1) is 0 Å². The molecule has 0 aromatic heterocycles. The fourth-order valence-corrected chi connectivity index (χ4v) is 4.28. The maximum Gasteiger partial charge on any atom is 0.224 e. The van der Waals surface area contributed by atoms with Gasteiger partial charge in [-0.05, 0) is 62.1 Å². The van der Waals surface area contributed by atoms with Crippen LogP contribution in [-0.4, -0.2) is 36.3 Å². The summed E-state index contributed by atoms with van der Waals surface area (Å²) in [5.74, 6) is -0.145. The molecule has 2 aromatic carbocycles. The number of rotatable bonds is 4.